The van der Waals surface area contributed by atoms with E-state index in [1.165, 1.54) is 10.9 Å². The van der Waals surface area contributed by atoms with Gasteiger partial charge >= 0.3 is 0 Å². The molecule has 0 bridgehead atoms. The standard InChI is InChI=1S/C28H30N4O/c1-21-29-15-18-32(21)20-24-8-2-3-10-26(24)28(33)31-16-6-7-22(13-17-31)19-23-12-14-30-27-11-5-4-9-25(23)27/h2-5,8-12,14-15,18,22H,6-7,13,16-17,19-20H2,1H3/t22-/m0/s1. The summed E-state index contributed by atoms with van der Waals surface area (Å²) in [5.41, 5.74) is 4.29. The summed E-state index contributed by atoms with van der Waals surface area (Å²) in [6.45, 7) is 4.29. The second-order valence-electron chi connectivity index (χ2n) is 9.04. The minimum atomic E-state index is 0.151. The Labute approximate surface area is 195 Å². The number of rotatable bonds is 5. The molecule has 1 atom stereocenters. The normalized spacial score (nSPS) is 16.6. The average molecular weight is 439 g/mol. The third kappa shape index (κ3) is 4.68. The number of pyridine rings is 1. The molecule has 0 saturated carbocycles. The Balaban J connectivity index is 1.29. The highest BCUT2D eigenvalue weighted by atomic mass is 16.2. The van der Waals surface area contributed by atoms with Crippen molar-refractivity contribution < 1.29 is 4.79 Å². The number of aromatic nitrogens is 3. The number of carbonyl (C=O) groups excluding carboxylic acids is 1. The fourth-order valence-electron chi connectivity index (χ4n) is 5.01. The van der Waals surface area contributed by atoms with Crippen molar-refractivity contribution in [1.29, 1.82) is 0 Å². The first-order valence-corrected chi connectivity index (χ1v) is 11.9. The second kappa shape index (κ2) is 9.57. The lowest BCUT2D eigenvalue weighted by Gasteiger charge is -2.22. The first kappa shape index (κ1) is 21.4. The van der Waals surface area contributed by atoms with Gasteiger partial charge in [0.15, 0.2) is 0 Å². The van der Waals surface area contributed by atoms with E-state index in [4.69, 9.17) is 0 Å². The van der Waals surface area contributed by atoms with E-state index in [1.807, 2.05) is 43.6 Å². The van der Waals surface area contributed by atoms with E-state index in [9.17, 15) is 4.79 Å². The van der Waals surface area contributed by atoms with Gasteiger partial charge in [-0.15, -0.1) is 0 Å². The maximum absolute atomic E-state index is 13.5. The van der Waals surface area contributed by atoms with Gasteiger partial charge in [-0.1, -0.05) is 36.4 Å². The number of aryl methyl sites for hydroxylation is 1. The summed E-state index contributed by atoms with van der Waals surface area (Å²) in [5.74, 6) is 1.69. The molecular weight excluding hydrogens is 408 g/mol. The summed E-state index contributed by atoms with van der Waals surface area (Å²) in [5, 5.41) is 1.25. The molecule has 5 heteroatoms. The van der Waals surface area contributed by atoms with Crippen LogP contribution < -0.4 is 0 Å². The van der Waals surface area contributed by atoms with Gasteiger partial charge < -0.3 is 9.47 Å². The van der Waals surface area contributed by atoms with E-state index in [0.29, 0.717) is 12.5 Å². The third-order valence-corrected chi connectivity index (χ3v) is 6.89. The maximum Gasteiger partial charge on any atom is 0.254 e. The summed E-state index contributed by atoms with van der Waals surface area (Å²) in [6, 6.07) is 18.5. The van der Waals surface area contributed by atoms with Crippen LogP contribution in [0.25, 0.3) is 10.9 Å². The van der Waals surface area contributed by atoms with Gasteiger partial charge in [0.1, 0.15) is 5.82 Å². The van der Waals surface area contributed by atoms with E-state index >= 15 is 0 Å². The van der Waals surface area contributed by atoms with E-state index in [1.54, 1.807) is 6.20 Å². The summed E-state index contributed by atoms with van der Waals surface area (Å²) < 4.78 is 2.09. The second-order valence-corrected chi connectivity index (χ2v) is 9.04. The number of likely N-dealkylation sites (tertiary alicyclic amines) is 1. The quantitative estimate of drug-likeness (QED) is 0.426. The Bertz CT molecular complexity index is 1260. The smallest absolute Gasteiger partial charge is 0.254 e. The van der Waals surface area contributed by atoms with E-state index in [2.05, 4.69) is 49.8 Å². The molecule has 0 radical (unpaired) electrons. The monoisotopic (exact) mass is 438 g/mol. The molecule has 0 spiro atoms. The Morgan fingerprint density at radius 3 is 2.67 bits per heavy atom. The van der Waals surface area contributed by atoms with Gasteiger partial charge in [-0.2, -0.15) is 0 Å². The zero-order valence-electron chi connectivity index (χ0n) is 19.2. The number of amides is 1. The molecule has 5 nitrogen and oxygen atoms in total. The molecule has 0 N–H and O–H groups in total. The molecule has 2 aromatic heterocycles. The van der Waals surface area contributed by atoms with Crippen LogP contribution in [-0.4, -0.2) is 38.4 Å². The fourth-order valence-corrected chi connectivity index (χ4v) is 5.01. The van der Waals surface area contributed by atoms with Crippen molar-refractivity contribution in [3.8, 4) is 0 Å². The molecular formula is C28H30N4O. The number of hydrogen-bond acceptors (Lipinski definition) is 3. The molecule has 1 saturated heterocycles. The molecule has 2 aromatic carbocycles. The lowest BCUT2D eigenvalue weighted by molar-refractivity contribution is 0.0758. The topological polar surface area (TPSA) is 51.0 Å². The van der Waals surface area contributed by atoms with Crippen LogP contribution in [-0.2, 0) is 13.0 Å². The summed E-state index contributed by atoms with van der Waals surface area (Å²) in [7, 11) is 0. The number of nitrogens with zero attached hydrogens (tertiary/aromatic N) is 4. The minimum Gasteiger partial charge on any atom is -0.339 e. The van der Waals surface area contributed by atoms with Gasteiger partial charge in [0.2, 0.25) is 0 Å². The first-order chi connectivity index (χ1) is 16.2. The van der Waals surface area contributed by atoms with Gasteiger partial charge in [-0.3, -0.25) is 9.78 Å². The summed E-state index contributed by atoms with van der Waals surface area (Å²) >= 11 is 0. The SMILES string of the molecule is Cc1nccn1Cc1ccccc1C(=O)N1CCC[C@H](Cc2ccnc3ccccc23)CC1. The largest absolute Gasteiger partial charge is 0.339 e. The number of benzene rings is 2. The Kier molecular flexibility index (Phi) is 6.20. The van der Waals surface area contributed by atoms with Crippen LogP contribution in [0.5, 0.6) is 0 Å². The maximum atomic E-state index is 13.5. The van der Waals surface area contributed by atoms with Gasteiger partial charge in [0, 0.05) is 49.2 Å². The zero-order chi connectivity index (χ0) is 22.6. The third-order valence-electron chi connectivity index (χ3n) is 6.89. The van der Waals surface area contributed by atoms with Gasteiger partial charge in [-0.05, 0) is 67.9 Å². The van der Waals surface area contributed by atoms with Gasteiger partial charge in [-0.25, -0.2) is 4.98 Å². The van der Waals surface area contributed by atoms with Crippen LogP contribution in [0.2, 0.25) is 0 Å². The van der Waals surface area contributed by atoms with Crippen molar-refractivity contribution in [2.24, 2.45) is 5.92 Å². The molecule has 33 heavy (non-hydrogen) atoms. The van der Waals surface area contributed by atoms with Crippen molar-refractivity contribution in [3.63, 3.8) is 0 Å². The van der Waals surface area contributed by atoms with Crippen molar-refractivity contribution >= 4 is 16.8 Å². The van der Waals surface area contributed by atoms with Crippen LogP contribution in [0, 0.1) is 12.8 Å². The van der Waals surface area contributed by atoms with E-state index in [0.717, 1.165) is 61.2 Å². The number of para-hydroxylation sites is 1. The van der Waals surface area contributed by atoms with Crippen LogP contribution in [0.15, 0.2) is 73.2 Å². The first-order valence-electron chi connectivity index (χ1n) is 11.9. The van der Waals surface area contributed by atoms with Crippen LogP contribution >= 0.6 is 0 Å². The number of fused-ring (bicyclic) bond motifs is 1. The molecule has 1 aliphatic rings. The predicted octanol–water partition coefficient (Wildman–Crippen LogP) is 5.27. The predicted molar refractivity (Wildman–Crippen MR) is 131 cm³/mol. The van der Waals surface area contributed by atoms with E-state index in [-0.39, 0.29) is 5.91 Å². The highest BCUT2D eigenvalue weighted by Crippen LogP contribution is 2.26. The van der Waals surface area contributed by atoms with Crippen molar-refractivity contribution in [2.75, 3.05) is 13.1 Å². The highest BCUT2D eigenvalue weighted by Gasteiger charge is 2.24. The molecule has 168 valence electrons. The van der Waals surface area contributed by atoms with Gasteiger partial charge in [0.05, 0.1) is 5.52 Å². The van der Waals surface area contributed by atoms with Crippen LogP contribution in [0.1, 0.15) is 46.6 Å². The molecule has 5 rings (SSSR count). The van der Waals surface area contributed by atoms with E-state index < -0.39 is 0 Å². The van der Waals surface area contributed by atoms with Crippen LogP contribution in [0.3, 0.4) is 0 Å². The summed E-state index contributed by atoms with van der Waals surface area (Å²) in [4.78, 5) is 24.4. The van der Waals surface area contributed by atoms with Crippen molar-refractivity contribution in [3.05, 3.63) is 95.7 Å². The number of imidazole rings is 1. The lowest BCUT2D eigenvalue weighted by Crippen LogP contribution is -2.33. The summed E-state index contributed by atoms with van der Waals surface area (Å²) in [6.07, 6.45) is 9.96. The van der Waals surface area contributed by atoms with Gasteiger partial charge in [0.25, 0.3) is 5.91 Å². The zero-order valence-corrected chi connectivity index (χ0v) is 19.2. The molecule has 3 heterocycles. The number of hydrogen-bond donors (Lipinski definition) is 0. The molecule has 1 amide bonds. The minimum absolute atomic E-state index is 0.151. The lowest BCUT2D eigenvalue weighted by atomic mass is 9.91. The Morgan fingerprint density at radius 2 is 1.79 bits per heavy atom. The van der Waals surface area contributed by atoms with Crippen molar-refractivity contribution in [2.45, 2.75) is 39.2 Å². The Morgan fingerprint density at radius 1 is 0.939 bits per heavy atom. The Hall–Kier alpha value is -3.47. The molecule has 1 aliphatic heterocycles. The number of carbonyl (C=O) groups is 1. The molecule has 1 fully saturated rings. The highest BCUT2D eigenvalue weighted by molar-refractivity contribution is 5.95. The molecule has 0 aliphatic carbocycles. The van der Waals surface area contributed by atoms with Crippen LogP contribution in [0.4, 0.5) is 0 Å². The molecule has 4 aromatic rings. The molecule has 0 unspecified atom stereocenters. The fraction of sp³-hybridized carbons (Fsp3) is 0.321. The average Bonchev–Trinajstić information content (AvgIpc) is 3.10. The van der Waals surface area contributed by atoms with Crippen molar-refractivity contribution in [1.82, 2.24) is 19.4 Å².